The minimum atomic E-state index is -3.94. The van der Waals surface area contributed by atoms with Crippen LogP contribution in [0.25, 0.3) is 0 Å². The van der Waals surface area contributed by atoms with Gasteiger partial charge in [0.15, 0.2) is 0 Å². The molecule has 0 aliphatic rings. The Labute approximate surface area is 144 Å². The molecule has 0 heterocycles. The van der Waals surface area contributed by atoms with Gasteiger partial charge in [0.25, 0.3) is 15.9 Å². The standard InChI is InChI=1S/C16H16ClFN2O3S/c1-10(2)19-16(21)11-4-3-5-13(8-11)24(22,23)20-12-6-7-15(18)14(17)9-12/h3-10,20H,1-2H3,(H,19,21). The number of carbonyl (C=O) groups excluding carboxylic acids is 1. The molecule has 128 valence electrons. The van der Waals surface area contributed by atoms with E-state index in [1.165, 1.54) is 36.4 Å². The zero-order chi connectivity index (χ0) is 17.9. The third-order valence-electron chi connectivity index (χ3n) is 3.00. The van der Waals surface area contributed by atoms with Crippen molar-refractivity contribution in [2.75, 3.05) is 4.72 Å². The molecule has 2 rings (SSSR count). The summed E-state index contributed by atoms with van der Waals surface area (Å²) in [7, 11) is -3.94. The summed E-state index contributed by atoms with van der Waals surface area (Å²) < 4.78 is 40.3. The molecule has 0 radical (unpaired) electrons. The number of hydrogen-bond donors (Lipinski definition) is 2. The highest BCUT2D eigenvalue weighted by Gasteiger charge is 2.17. The predicted octanol–water partition coefficient (Wildman–Crippen LogP) is 3.42. The maximum Gasteiger partial charge on any atom is 0.261 e. The highest BCUT2D eigenvalue weighted by molar-refractivity contribution is 7.92. The van der Waals surface area contributed by atoms with E-state index >= 15 is 0 Å². The molecule has 5 nitrogen and oxygen atoms in total. The van der Waals surface area contributed by atoms with Gasteiger partial charge in [0.2, 0.25) is 0 Å². The molecule has 0 aromatic heterocycles. The van der Waals surface area contributed by atoms with Crippen LogP contribution in [0.15, 0.2) is 47.4 Å². The summed E-state index contributed by atoms with van der Waals surface area (Å²) in [6.45, 7) is 3.61. The average molecular weight is 371 g/mol. The van der Waals surface area contributed by atoms with Crippen LogP contribution in [-0.2, 0) is 10.0 Å². The summed E-state index contributed by atoms with van der Waals surface area (Å²) in [6.07, 6.45) is 0. The fourth-order valence-corrected chi connectivity index (χ4v) is 3.20. The number of amides is 1. The summed E-state index contributed by atoms with van der Waals surface area (Å²) in [6, 6.07) is 9.04. The third kappa shape index (κ3) is 4.46. The molecule has 2 N–H and O–H groups in total. The van der Waals surface area contributed by atoms with E-state index in [0.717, 1.165) is 6.07 Å². The minimum Gasteiger partial charge on any atom is -0.350 e. The molecule has 0 aliphatic heterocycles. The molecule has 2 aromatic rings. The van der Waals surface area contributed by atoms with E-state index < -0.39 is 15.8 Å². The fraction of sp³-hybridized carbons (Fsp3) is 0.188. The Morgan fingerprint density at radius 2 is 1.88 bits per heavy atom. The molecule has 2 aromatic carbocycles. The van der Waals surface area contributed by atoms with Crippen LogP contribution in [0.3, 0.4) is 0 Å². The summed E-state index contributed by atoms with van der Waals surface area (Å²) in [5, 5.41) is 2.49. The average Bonchev–Trinajstić information content (AvgIpc) is 2.50. The normalized spacial score (nSPS) is 11.4. The van der Waals surface area contributed by atoms with Crippen LogP contribution in [0.5, 0.6) is 0 Å². The zero-order valence-electron chi connectivity index (χ0n) is 13.0. The lowest BCUT2D eigenvalue weighted by Gasteiger charge is -2.11. The first-order valence-electron chi connectivity index (χ1n) is 7.08. The summed E-state index contributed by atoms with van der Waals surface area (Å²) in [5.74, 6) is -1.01. The number of halogens is 2. The van der Waals surface area contributed by atoms with E-state index in [1.807, 2.05) is 0 Å². The molecular formula is C16H16ClFN2O3S. The number of anilines is 1. The summed E-state index contributed by atoms with van der Waals surface area (Å²) >= 11 is 5.64. The molecular weight excluding hydrogens is 355 g/mol. The van der Waals surface area contributed by atoms with Gasteiger partial charge in [0.1, 0.15) is 5.82 Å². The Hall–Kier alpha value is -2.12. The van der Waals surface area contributed by atoms with Crippen molar-refractivity contribution in [3.05, 3.63) is 58.9 Å². The van der Waals surface area contributed by atoms with Crippen molar-refractivity contribution in [3.63, 3.8) is 0 Å². The molecule has 0 atom stereocenters. The van der Waals surface area contributed by atoms with E-state index in [4.69, 9.17) is 11.6 Å². The zero-order valence-corrected chi connectivity index (χ0v) is 14.6. The van der Waals surface area contributed by atoms with E-state index in [0.29, 0.717) is 0 Å². The second kappa shape index (κ2) is 7.19. The van der Waals surface area contributed by atoms with Crippen LogP contribution in [-0.4, -0.2) is 20.4 Å². The smallest absolute Gasteiger partial charge is 0.261 e. The Morgan fingerprint density at radius 1 is 1.17 bits per heavy atom. The summed E-state index contributed by atoms with van der Waals surface area (Å²) in [4.78, 5) is 11.9. The number of nitrogens with one attached hydrogen (secondary N) is 2. The quantitative estimate of drug-likeness (QED) is 0.846. The molecule has 8 heteroatoms. The highest BCUT2D eigenvalue weighted by atomic mass is 35.5. The molecule has 0 aliphatic carbocycles. The second-order valence-corrected chi connectivity index (χ2v) is 7.48. The van der Waals surface area contributed by atoms with Crippen molar-refractivity contribution in [3.8, 4) is 0 Å². The van der Waals surface area contributed by atoms with Gasteiger partial charge in [-0.25, -0.2) is 12.8 Å². The number of benzene rings is 2. The van der Waals surface area contributed by atoms with Gasteiger partial charge in [-0.3, -0.25) is 9.52 Å². The van der Waals surface area contributed by atoms with Gasteiger partial charge in [0, 0.05) is 11.6 Å². The van der Waals surface area contributed by atoms with Crippen LogP contribution < -0.4 is 10.0 Å². The minimum absolute atomic E-state index is 0.0720. The van der Waals surface area contributed by atoms with Crippen molar-refractivity contribution in [1.82, 2.24) is 5.32 Å². The van der Waals surface area contributed by atoms with Crippen LogP contribution in [0, 0.1) is 5.82 Å². The maximum atomic E-state index is 13.1. The van der Waals surface area contributed by atoms with Crippen LogP contribution in [0.2, 0.25) is 5.02 Å². The van der Waals surface area contributed by atoms with Gasteiger partial charge in [0.05, 0.1) is 15.6 Å². The van der Waals surface area contributed by atoms with Gasteiger partial charge < -0.3 is 5.32 Å². The fourth-order valence-electron chi connectivity index (χ4n) is 1.92. The van der Waals surface area contributed by atoms with E-state index in [-0.39, 0.29) is 33.1 Å². The molecule has 0 saturated carbocycles. The topological polar surface area (TPSA) is 75.3 Å². The predicted molar refractivity (Wildman–Crippen MR) is 91.3 cm³/mol. The van der Waals surface area contributed by atoms with Crippen LogP contribution in [0.4, 0.5) is 10.1 Å². The molecule has 0 fully saturated rings. The van der Waals surface area contributed by atoms with Gasteiger partial charge in [-0.05, 0) is 50.2 Å². The Morgan fingerprint density at radius 3 is 2.50 bits per heavy atom. The largest absolute Gasteiger partial charge is 0.350 e. The number of carbonyl (C=O) groups is 1. The van der Waals surface area contributed by atoms with Crippen LogP contribution >= 0.6 is 11.6 Å². The van der Waals surface area contributed by atoms with Gasteiger partial charge in [-0.1, -0.05) is 17.7 Å². The SMILES string of the molecule is CC(C)NC(=O)c1cccc(S(=O)(=O)Nc2ccc(F)c(Cl)c2)c1. The Bertz CT molecular complexity index is 869. The van der Waals surface area contributed by atoms with Crippen LogP contribution in [0.1, 0.15) is 24.2 Å². The first-order chi connectivity index (χ1) is 11.2. The van der Waals surface area contributed by atoms with Crippen molar-refractivity contribution in [1.29, 1.82) is 0 Å². The lowest BCUT2D eigenvalue weighted by Crippen LogP contribution is -2.30. The lowest BCUT2D eigenvalue weighted by atomic mass is 10.2. The second-order valence-electron chi connectivity index (χ2n) is 5.39. The Kier molecular flexibility index (Phi) is 5.46. The van der Waals surface area contributed by atoms with Crippen molar-refractivity contribution in [2.24, 2.45) is 0 Å². The molecule has 24 heavy (non-hydrogen) atoms. The highest BCUT2D eigenvalue weighted by Crippen LogP contribution is 2.22. The van der Waals surface area contributed by atoms with E-state index in [9.17, 15) is 17.6 Å². The molecule has 0 unspecified atom stereocenters. The van der Waals surface area contributed by atoms with Crippen molar-refractivity contribution >= 4 is 33.2 Å². The number of rotatable bonds is 5. The summed E-state index contributed by atoms with van der Waals surface area (Å²) in [5.41, 5.74) is 0.349. The lowest BCUT2D eigenvalue weighted by molar-refractivity contribution is 0.0943. The molecule has 0 bridgehead atoms. The number of sulfonamides is 1. The van der Waals surface area contributed by atoms with Gasteiger partial charge in [-0.15, -0.1) is 0 Å². The van der Waals surface area contributed by atoms with Gasteiger partial charge >= 0.3 is 0 Å². The monoisotopic (exact) mass is 370 g/mol. The van der Waals surface area contributed by atoms with Gasteiger partial charge in [-0.2, -0.15) is 0 Å². The first kappa shape index (κ1) is 18.2. The number of hydrogen-bond acceptors (Lipinski definition) is 3. The third-order valence-corrected chi connectivity index (χ3v) is 4.67. The molecule has 1 amide bonds. The molecule has 0 spiro atoms. The van der Waals surface area contributed by atoms with Crippen molar-refractivity contribution < 1.29 is 17.6 Å². The van der Waals surface area contributed by atoms with Crippen molar-refractivity contribution in [2.45, 2.75) is 24.8 Å². The maximum absolute atomic E-state index is 13.1. The van der Waals surface area contributed by atoms with E-state index in [2.05, 4.69) is 10.0 Å². The molecule has 0 saturated heterocycles. The Balaban J connectivity index is 2.29. The van der Waals surface area contributed by atoms with E-state index in [1.54, 1.807) is 13.8 Å². The first-order valence-corrected chi connectivity index (χ1v) is 8.94.